The number of halogens is 2. The van der Waals surface area contributed by atoms with Crippen molar-refractivity contribution in [1.82, 2.24) is 15.1 Å². The quantitative estimate of drug-likeness (QED) is 0.699. The molecule has 0 radical (unpaired) electrons. The number of anilines is 4. The molecule has 0 aliphatic heterocycles. The lowest BCUT2D eigenvalue weighted by atomic mass is 10.3. The van der Waals surface area contributed by atoms with Gasteiger partial charge in [0, 0.05) is 33.6 Å². The molecule has 0 atom stereocenters. The van der Waals surface area contributed by atoms with Gasteiger partial charge < -0.3 is 15.2 Å². The third kappa shape index (κ3) is 4.12. The number of aryl methyl sites for hydroxylation is 2. The molecule has 0 saturated heterocycles. The Balaban J connectivity index is 1.85. The van der Waals surface area contributed by atoms with Crippen molar-refractivity contribution in [2.24, 2.45) is 0 Å². The second-order valence-electron chi connectivity index (χ2n) is 4.95. The van der Waals surface area contributed by atoms with Gasteiger partial charge in [-0.3, -0.25) is 0 Å². The molecule has 0 aliphatic carbocycles. The molecular weight excluding hydrogens is 337 g/mol. The Morgan fingerprint density at radius 2 is 1.61 bits per heavy atom. The van der Waals surface area contributed by atoms with Crippen molar-refractivity contribution in [3.05, 3.63) is 51.8 Å². The van der Waals surface area contributed by atoms with Crippen LogP contribution in [0.15, 0.2) is 34.9 Å². The van der Waals surface area contributed by atoms with Crippen molar-refractivity contribution < 1.29 is 4.52 Å². The minimum atomic E-state index is 0.411. The van der Waals surface area contributed by atoms with Crippen LogP contribution in [0.25, 0.3) is 0 Å². The summed E-state index contributed by atoms with van der Waals surface area (Å²) in [6.45, 7) is 3.68. The van der Waals surface area contributed by atoms with Crippen molar-refractivity contribution in [2.45, 2.75) is 13.8 Å². The van der Waals surface area contributed by atoms with E-state index in [4.69, 9.17) is 27.7 Å². The fourth-order valence-corrected chi connectivity index (χ4v) is 2.53. The molecule has 0 fully saturated rings. The molecule has 3 rings (SSSR count). The van der Waals surface area contributed by atoms with Gasteiger partial charge in [-0.15, -0.1) is 0 Å². The minimum Gasteiger partial charge on any atom is -0.360 e. The molecule has 2 aromatic heterocycles. The van der Waals surface area contributed by atoms with E-state index in [9.17, 15) is 0 Å². The van der Waals surface area contributed by atoms with Crippen LogP contribution in [-0.4, -0.2) is 15.1 Å². The van der Waals surface area contributed by atoms with E-state index in [0.717, 1.165) is 11.4 Å². The Labute approximate surface area is 142 Å². The third-order valence-electron chi connectivity index (χ3n) is 2.86. The maximum absolute atomic E-state index is 6.00. The van der Waals surface area contributed by atoms with Crippen molar-refractivity contribution in [3.8, 4) is 0 Å². The maximum Gasteiger partial charge on any atom is 0.230 e. The van der Waals surface area contributed by atoms with Crippen LogP contribution in [-0.2, 0) is 0 Å². The number of aromatic nitrogens is 3. The van der Waals surface area contributed by atoms with Gasteiger partial charge in [-0.25, -0.2) is 4.98 Å². The van der Waals surface area contributed by atoms with E-state index in [1.165, 1.54) is 0 Å². The summed E-state index contributed by atoms with van der Waals surface area (Å²) in [7, 11) is 0. The van der Waals surface area contributed by atoms with Gasteiger partial charge in [0.1, 0.15) is 11.6 Å². The highest BCUT2D eigenvalue weighted by Crippen LogP contribution is 2.25. The van der Waals surface area contributed by atoms with Gasteiger partial charge in [0.25, 0.3) is 0 Å². The Kier molecular flexibility index (Phi) is 4.36. The fourth-order valence-electron chi connectivity index (χ4n) is 2.00. The number of benzene rings is 1. The number of nitrogens with one attached hydrogen (secondary N) is 2. The normalized spacial score (nSPS) is 10.6. The van der Waals surface area contributed by atoms with E-state index < -0.39 is 0 Å². The van der Waals surface area contributed by atoms with E-state index in [1.54, 1.807) is 24.3 Å². The smallest absolute Gasteiger partial charge is 0.230 e. The summed E-state index contributed by atoms with van der Waals surface area (Å²) in [5.41, 5.74) is 1.53. The molecule has 118 valence electrons. The summed E-state index contributed by atoms with van der Waals surface area (Å²) in [5.74, 6) is 2.27. The van der Waals surface area contributed by atoms with Crippen LogP contribution in [0.4, 0.5) is 23.3 Å². The van der Waals surface area contributed by atoms with Gasteiger partial charge in [-0.2, -0.15) is 4.98 Å². The lowest BCUT2D eigenvalue weighted by molar-refractivity contribution is 0.400. The predicted molar refractivity (Wildman–Crippen MR) is 91.0 cm³/mol. The summed E-state index contributed by atoms with van der Waals surface area (Å²) in [6.07, 6.45) is 0. The molecule has 2 heterocycles. The van der Waals surface area contributed by atoms with Crippen LogP contribution in [0.5, 0.6) is 0 Å². The standard InChI is InChI=1S/C15H13Cl2N5O/c1-8-3-13(19-12-6-10(16)5-11(17)7-12)20-15(18-8)21-14-4-9(2)23-22-14/h3-7H,1-2H3,(H2,18,19,20,21,22). The van der Waals surface area contributed by atoms with Gasteiger partial charge >= 0.3 is 0 Å². The van der Waals surface area contributed by atoms with Crippen LogP contribution >= 0.6 is 23.2 Å². The monoisotopic (exact) mass is 349 g/mol. The van der Waals surface area contributed by atoms with E-state index >= 15 is 0 Å². The van der Waals surface area contributed by atoms with Crippen LogP contribution < -0.4 is 10.6 Å². The minimum absolute atomic E-state index is 0.411. The van der Waals surface area contributed by atoms with E-state index in [0.29, 0.717) is 33.4 Å². The molecule has 8 heteroatoms. The molecule has 0 saturated carbocycles. The molecule has 6 nitrogen and oxygen atoms in total. The number of nitrogens with zero attached hydrogens (tertiary/aromatic N) is 3. The summed E-state index contributed by atoms with van der Waals surface area (Å²) in [5, 5.41) is 11.1. The van der Waals surface area contributed by atoms with Crippen molar-refractivity contribution >= 4 is 46.5 Å². The van der Waals surface area contributed by atoms with E-state index in [2.05, 4.69) is 25.8 Å². The van der Waals surface area contributed by atoms with Gasteiger partial charge in [-0.05, 0) is 32.0 Å². The third-order valence-corrected chi connectivity index (χ3v) is 3.29. The molecule has 23 heavy (non-hydrogen) atoms. The van der Waals surface area contributed by atoms with Crippen molar-refractivity contribution in [3.63, 3.8) is 0 Å². The molecule has 0 aliphatic rings. The highest BCUT2D eigenvalue weighted by molar-refractivity contribution is 6.35. The van der Waals surface area contributed by atoms with Crippen LogP contribution in [0.2, 0.25) is 10.0 Å². The Bertz CT molecular complexity index is 829. The predicted octanol–water partition coefficient (Wildman–Crippen LogP) is 4.88. The summed E-state index contributed by atoms with van der Waals surface area (Å²) >= 11 is 12.0. The first-order valence-corrected chi connectivity index (χ1v) is 7.53. The first-order valence-electron chi connectivity index (χ1n) is 6.77. The molecule has 2 N–H and O–H groups in total. The zero-order valence-corrected chi connectivity index (χ0v) is 13.9. The Morgan fingerprint density at radius 1 is 0.870 bits per heavy atom. The van der Waals surface area contributed by atoms with E-state index in [-0.39, 0.29) is 0 Å². The number of hydrogen-bond acceptors (Lipinski definition) is 6. The topological polar surface area (TPSA) is 75.9 Å². The molecule has 1 aromatic carbocycles. The number of rotatable bonds is 4. The van der Waals surface area contributed by atoms with Crippen LogP contribution in [0.1, 0.15) is 11.5 Å². The molecule has 3 aromatic rings. The first-order chi connectivity index (χ1) is 11.0. The van der Waals surface area contributed by atoms with Gasteiger partial charge in [0.05, 0.1) is 0 Å². The van der Waals surface area contributed by atoms with Gasteiger partial charge in [0.2, 0.25) is 5.95 Å². The first kappa shape index (κ1) is 15.6. The highest BCUT2D eigenvalue weighted by Gasteiger charge is 2.07. The average Bonchev–Trinajstić information content (AvgIpc) is 2.82. The van der Waals surface area contributed by atoms with E-state index in [1.807, 2.05) is 19.9 Å². The number of hydrogen-bond donors (Lipinski definition) is 2. The maximum atomic E-state index is 6.00. The van der Waals surface area contributed by atoms with Gasteiger partial charge in [-0.1, -0.05) is 28.4 Å². The zero-order valence-electron chi connectivity index (χ0n) is 12.4. The molecule has 0 amide bonds. The zero-order chi connectivity index (χ0) is 16.4. The lowest BCUT2D eigenvalue weighted by Crippen LogP contribution is -2.02. The molecule has 0 bridgehead atoms. The molecule has 0 spiro atoms. The van der Waals surface area contributed by atoms with Crippen LogP contribution in [0, 0.1) is 13.8 Å². The highest BCUT2D eigenvalue weighted by atomic mass is 35.5. The van der Waals surface area contributed by atoms with Crippen LogP contribution in [0.3, 0.4) is 0 Å². The van der Waals surface area contributed by atoms with Gasteiger partial charge in [0.15, 0.2) is 5.82 Å². The second kappa shape index (κ2) is 6.44. The van der Waals surface area contributed by atoms with Crippen molar-refractivity contribution in [2.75, 3.05) is 10.6 Å². The lowest BCUT2D eigenvalue weighted by Gasteiger charge is -2.09. The molecular formula is C15H13Cl2N5O. The second-order valence-corrected chi connectivity index (χ2v) is 5.82. The SMILES string of the molecule is Cc1cc(Nc2cc(Cl)cc(Cl)c2)nc(Nc2cc(C)on2)n1. The Morgan fingerprint density at radius 3 is 2.26 bits per heavy atom. The summed E-state index contributed by atoms with van der Waals surface area (Å²) in [4.78, 5) is 8.71. The fraction of sp³-hybridized carbons (Fsp3) is 0.133. The largest absolute Gasteiger partial charge is 0.360 e. The summed E-state index contributed by atoms with van der Waals surface area (Å²) in [6, 6.07) is 8.76. The average molecular weight is 350 g/mol. The van der Waals surface area contributed by atoms with Crippen molar-refractivity contribution in [1.29, 1.82) is 0 Å². The Hall–Kier alpha value is -2.31. The molecule has 0 unspecified atom stereocenters. The summed E-state index contributed by atoms with van der Waals surface area (Å²) < 4.78 is 5.01.